The van der Waals surface area contributed by atoms with Crippen molar-refractivity contribution in [3.8, 4) is 0 Å². The lowest BCUT2D eigenvalue weighted by Gasteiger charge is -2.26. The maximum Gasteiger partial charge on any atom is 0.241 e. The van der Waals surface area contributed by atoms with Crippen molar-refractivity contribution in [1.29, 1.82) is 0 Å². The standard InChI is InChI=1S/C14H18N4O.2ClH/c1-14(2,3)12(15)13(19)18-11-5-7-17-10-4-6-16-8-9(10)11;;/h4-8,12H,15H2,1-3H3,(H,17,18,19);2*1H/t12-;;/m1../s1. The maximum absolute atomic E-state index is 12.1. The molecule has 1 atom stereocenters. The SMILES string of the molecule is CC(C)(C)[C@H](N)C(=O)Nc1ccnc2ccncc12.Cl.Cl. The highest BCUT2D eigenvalue weighted by atomic mass is 35.5. The highest BCUT2D eigenvalue weighted by molar-refractivity contribution is 6.02. The first kappa shape index (κ1) is 19.6. The first-order chi connectivity index (χ1) is 8.89. The highest BCUT2D eigenvalue weighted by Crippen LogP contribution is 2.22. The van der Waals surface area contributed by atoms with Gasteiger partial charge in [-0.25, -0.2) is 0 Å². The summed E-state index contributed by atoms with van der Waals surface area (Å²) in [7, 11) is 0. The third-order valence-corrected chi connectivity index (χ3v) is 3.02. The van der Waals surface area contributed by atoms with E-state index < -0.39 is 6.04 Å². The van der Waals surface area contributed by atoms with Gasteiger partial charge in [0.1, 0.15) is 0 Å². The number of carbonyl (C=O) groups excluding carboxylic acids is 1. The molecule has 0 saturated carbocycles. The van der Waals surface area contributed by atoms with Gasteiger partial charge < -0.3 is 11.1 Å². The van der Waals surface area contributed by atoms with Gasteiger partial charge in [-0.1, -0.05) is 20.8 Å². The van der Waals surface area contributed by atoms with E-state index in [1.807, 2.05) is 20.8 Å². The van der Waals surface area contributed by atoms with Crippen molar-refractivity contribution in [3.05, 3.63) is 30.7 Å². The van der Waals surface area contributed by atoms with Crippen molar-refractivity contribution < 1.29 is 4.79 Å². The second-order valence-electron chi connectivity index (χ2n) is 5.58. The number of hydrogen-bond donors (Lipinski definition) is 2. The Hall–Kier alpha value is -1.43. The molecule has 2 heterocycles. The zero-order valence-corrected chi connectivity index (χ0v) is 13.8. The average Bonchev–Trinajstić information content (AvgIpc) is 2.37. The highest BCUT2D eigenvalue weighted by Gasteiger charge is 2.27. The van der Waals surface area contributed by atoms with Gasteiger partial charge in [0.2, 0.25) is 5.91 Å². The zero-order valence-electron chi connectivity index (χ0n) is 12.2. The van der Waals surface area contributed by atoms with E-state index in [0.29, 0.717) is 5.69 Å². The molecule has 21 heavy (non-hydrogen) atoms. The van der Waals surface area contributed by atoms with Crippen LogP contribution in [0.5, 0.6) is 0 Å². The Balaban J connectivity index is 0.00000200. The third-order valence-electron chi connectivity index (χ3n) is 3.02. The quantitative estimate of drug-likeness (QED) is 0.887. The Labute approximate surface area is 136 Å². The molecule has 0 bridgehead atoms. The monoisotopic (exact) mass is 330 g/mol. The summed E-state index contributed by atoms with van der Waals surface area (Å²) in [4.78, 5) is 20.4. The van der Waals surface area contributed by atoms with Gasteiger partial charge in [-0.2, -0.15) is 0 Å². The fraction of sp³-hybridized carbons (Fsp3) is 0.357. The van der Waals surface area contributed by atoms with Crippen LogP contribution in [0.25, 0.3) is 10.9 Å². The molecular formula is C14H20Cl2N4O. The van der Waals surface area contributed by atoms with Gasteiger partial charge in [0, 0.05) is 24.0 Å². The van der Waals surface area contributed by atoms with Crippen LogP contribution in [-0.4, -0.2) is 21.9 Å². The minimum Gasteiger partial charge on any atom is -0.324 e. The van der Waals surface area contributed by atoms with E-state index >= 15 is 0 Å². The van der Waals surface area contributed by atoms with Crippen LogP contribution in [0.15, 0.2) is 30.7 Å². The van der Waals surface area contributed by atoms with Crippen LogP contribution in [0, 0.1) is 5.41 Å². The molecule has 2 rings (SSSR count). The van der Waals surface area contributed by atoms with E-state index in [1.54, 1.807) is 30.7 Å². The molecule has 2 aromatic heterocycles. The molecule has 3 N–H and O–H groups in total. The number of hydrogen-bond acceptors (Lipinski definition) is 4. The molecule has 0 radical (unpaired) electrons. The van der Waals surface area contributed by atoms with Gasteiger partial charge in [0.05, 0.1) is 17.2 Å². The smallest absolute Gasteiger partial charge is 0.241 e. The summed E-state index contributed by atoms with van der Waals surface area (Å²) < 4.78 is 0. The fourth-order valence-electron chi connectivity index (χ4n) is 1.70. The molecule has 0 unspecified atom stereocenters. The van der Waals surface area contributed by atoms with Gasteiger partial charge in [0.25, 0.3) is 0 Å². The second kappa shape index (κ2) is 7.54. The molecule has 0 saturated heterocycles. The lowest BCUT2D eigenvalue weighted by Crippen LogP contribution is -2.45. The second-order valence-corrected chi connectivity index (χ2v) is 5.58. The van der Waals surface area contributed by atoms with Gasteiger partial charge in [-0.3, -0.25) is 14.8 Å². The molecule has 0 spiro atoms. The van der Waals surface area contributed by atoms with E-state index in [-0.39, 0.29) is 36.1 Å². The number of aromatic nitrogens is 2. The number of fused-ring (bicyclic) bond motifs is 1. The zero-order chi connectivity index (χ0) is 14.0. The summed E-state index contributed by atoms with van der Waals surface area (Å²) in [5.74, 6) is -0.205. The lowest BCUT2D eigenvalue weighted by atomic mass is 9.87. The molecule has 7 heteroatoms. The van der Waals surface area contributed by atoms with Gasteiger partial charge in [-0.15, -0.1) is 24.8 Å². The molecule has 0 aliphatic heterocycles. The number of nitrogens with two attached hydrogens (primary N) is 1. The number of halogens is 2. The molecule has 5 nitrogen and oxygen atoms in total. The van der Waals surface area contributed by atoms with Crippen LogP contribution in [0.1, 0.15) is 20.8 Å². The van der Waals surface area contributed by atoms with Crippen LogP contribution < -0.4 is 11.1 Å². The number of nitrogens with one attached hydrogen (secondary N) is 1. The van der Waals surface area contributed by atoms with E-state index in [2.05, 4.69) is 15.3 Å². The summed E-state index contributed by atoms with van der Waals surface area (Å²) in [6, 6.07) is 2.97. The predicted octanol–water partition coefficient (Wildman–Crippen LogP) is 2.79. The summed E-state index contributed by atoms with van der Waals surface area (Å²) in [6.45, 7) is 5.80. The Bertz CT molecular complexity index is 608. The van der Waals surface area contributed by atoms with Crippen LogP contribution in [0.4, 0.5) is 5.69 Å². The van der Waals surface area contributed by atoms with Crippen molar-refractivity contribution in [3.63, 3.8) is 0 Å². The van der Waals surface area contributed by atoms with E-state index in [1.165, 1.54) is 0 Å². The van der Waals surface area contributed by atoms with E-state index in [9.17, 15) is 4.79 Å². The van der Waals surface area contributed by atoms with Crippen molar-refractivity contribution >= 4 is 47.3 Å². The predicted molar refractivity (Wildman–Crippen MR) is 90.1 cm³/mol. The molecular weight excluding hydrogens is 311 g/mol. The topological polar surface area (TPSA) is 80.9 Å². The molecule has 116 valence electrons. The lowest BCUT2D eigenvalue weighted by molar-refractivity contribution is -0.119. The molecule has 0 fully saturated rings. The largest absolute Gasteiger partial charge is 0.324 e. The Morgan fingerprint density at radius 3 is 2.52 bits per heavy atom. The molecule has 0 aliphatic carbocycles. The number of rotatable bonds is 2. The number of pyridine rings is 2. The van der Waals surface area contributed by atoms with Crippen molar-refractivity contribution in [2.75, 3.05) is 5.32 Å². The minimum atomic E-state index is -0.576. The normalized spacial score (nSPS) is 12.0. The van der Waals surface area contributed by atoms with Crippen molar-refractivity contribution in [1.82, 2.24) is 9.97 Å². The van der Waals surface area contributed by atoms with Crippen molar-refractivity contribution in [2.24, 2.45) is 11.1 Å². The van der Waals surface area contributed by atoms with Crippen LogP contribution in [0.3, 0.4) is 0 Å². The minimum absolute atomic E-state index is 0. The van der Waals surface area contributed by atoms with E-state index in [0.717, 1.165) is 10.9 Å². The number of amides is 1. The van der Waals surface area contributed by atoms with Gasteiger partial charge in [0.15, 0.2) is 0 Å². The number of nitrogens with zero attached hydrogens (tertiary/aromatic N) is 2. The first-order valence-corrected chi connectivity index (χ1v) is 6.15. The number of carbonyl (C=O) groups is 1. The third kappa shape index (κ3) is 4.52. The van der Waals surface area contributed by atoms with Crippen LogP contribution in [0.2, 0.25) is 0 Å². The van der Waals surface area contributed by atoms with Gasteiger partial charge in [-0.05, 0) is 17.5 Å². The summed E-state index contributed by atoms with van der Waals surface area (Å²) in [5, 5.41) is 3.65. The Morgan fingerprint density at radius 2 is 1.90 bits per heavy atom. The average molecular weight is 331 g/mol. The van der Waals surface area contributed by atoms with Gasteiger partial charge >= 0.3 is 0 Å². The molecule has 0 aliphatic rings. The maximum atomic E-state index is 12.1. The fourth-order valence-corrected chi connectivity index (χ4v) is 1.70. The summed E-state index contributed by atoms with van der Waals surface area (Å²) in [6.07, 6.45) is 5.00. The van der Waals surface area contributed by atoms with E-state index in [4.69, 9.17) is 5.73 Å². The summed E-state index contributed by atoms with van der Waals surface area (Å²) >= 11 is 0. The molecule has 2 aromatic rings. The van der Waals surface area contributed by atoms with Crippen molar-refractivity contribution in [2.45, 2.75) is 26.8 Å². The van der Waals surface area contributed by atoms with Crippen LogP contribution in [-0.2, 0) is 4.79 Å². The number of anilines is 1. The Kier molecular flexibility index (Phi) is 7.03. The molecule has 1 amide bonds. The first-order valence-electron chi connectivity index (χ1n) is 6.15. The van der Waals surface area contributed by atoms with Crippen LogP contribution >= 0.6 is 24.8 Å². The summed E-state index contributed by atoms with van der Waals surface area (Å²) in [5.41, 5.74) is 7.13. The Morgan fingerprint density at radius 1 is 1.24 bits per heavy atom. The molecule has 0 aromatic carbocycles.